The third kappa shape index (κ3) is 4.96. The fraction of sp³-hybridized carbons (Fsp3) is 0.238. The predicted octanol–water partition coefficient (Wildman–Crippen LogP) is 4.24. The first-order valence-corrected chi connectivity index (χ1v) is 8.98. The Labute approximate surface area is 158 Å². The van der Waals surface area contributed by atoms with Crippen molar-refractivity contribution in [2.24, 2.45) is 0 Å². The summed E-state index contributed by atoms with van der Waals surface area (Å²) < 4.78 is 5.52. The third-order valence-corrected chi connectivity index (χ3v) is 4.51. The topological polar surface area (TPSA) is 46.6 Å². The van der Waals surface area contributed by atoms with E-state index < -0.39 is 0 Å². The number of halogens is 1. The summed E-state index contributed by atoms with van der Waals surface area (Å²) in [5.41, 5.74) is 1.47. The Balaban J connectivity index is 1.53. The molecule has 0 radical (unpaired) electrons. The van der Waals surface area contributed by atoms with Gasteiger partial charge in [0, 0.05) is 23.7 Å². The van der Waals surface area contributed by atoms with Crippen LogP contribution in [0.5, 0.6) is 5.75 Å². The predicted molar refractivity (Wildman–Crippen MR) is 103 cm³/mol. The lowest BCUT2D eigenvalue weighted by molar-refractivity contribution is -0.132. The molecule has 1 aliphatic heterocycles. The molecule has 0 N–H and O–H groups in total. The highest BCUT2D eigenvalue weighted by atomic mass is 35.5. The van der Waals surface area contributed by atoms with Crippen LogP contribution in [0.25, 0.3) is 6.08 Å². The minimum atomic E-state index is -0.0976. The summed E-state index contributed by atoms with van der Waals surface area (Å²) in [6.45, 7) is 1.66. The van der Waals surface area contributed by atoms with Gasteiger partial charge in [0.2, 0.25) is 0 Å². The van der Waals surface area contributed by atoms with Crippen LogP contribution in [0.4, 0.5) is 0 Å². The molecule has 134 valence electrons. The average molecular weight is 370 g/mol. The Morgan fingerprint density at radius 3 is 2.31 bits per heavy atom. The summed E-state index contributed by atoms with van der Waals surface area (Å²) in [7, 11) is 0. The number of carbonyl (C=O) groups excluding carboxylic acids is 2. The number of nitrogens with zero attached hydrogens (tertiary/aromatic N) is 1. The normalized spacial score (nSPS) is 14.0. The second kappa shape index (κ2) is 8.68. The molecule has 1 aliphatic rings. The molecule has 2 aromatic carbocycles. The molecule has 1 saturated heterocycles. The minimum absolute atomic E-state index is 0.00792. The van der Waals surface area contributed by atoms with Crippen molar-refractivity contribution >= 4 is 29.4 Å². The van der Waals surface area contributed by atoms with Gasteiger partial charge in [0.05, 0.1) is 0 Å². The first-order valence-electron chi connectivity index (χ1n) is 8.60. The zero-order valence-corrected chi connectivity index (χ0v) is 15.1. The molecule has 1 heterocycles. The maximum atomic E-state index is 12.2. The first kappa shape index (κ1) is 18.2. The number of amides is 1. The number of carbonyl (C=O) groups is 2. The molecular weight excluding hydrogens is 350 g/mol. The van der Waals surface area contributed by atoms with Gasteiger partial charge in [-0.2, -0.15) is 0 Å². The Morgan fingerprint density at radius 2 is 1.65 bits per heavy atom. The van der Waals surface area contributed by atoms with Gasteiger partial charge in [0.15, 0.2) is 12.4 Å². The summed E-state index contributed by atoms with van der Waals surface area (Å²) in [5.74, 6) is 0.490. The lowest BCUT2D eigenvalue weighted by Crippen LogP contribution is -2.32. The van der Waals surface area contributed by atoms with E-state index in [2.05, 4.69) is 0 Å². The minimum Gasteiger partial charge on any atom is -0.484 e. The largest absolute Gasteiger partial charge is 0.484 e. The Hall–Kier alpha value is -2.59. The molecule has 0 aliphatic carbocycles. The van der Waals surface area contributed by atoms with E-state index in [9.17, 15) is 9.59 Å². The highest BCUT2D eigenvalue weighted by molar-refractivity contribution is 6.30. The van der Waals surface area contributed by atoms with Gasteiger partial charge in [0.1, 0.15) is 5.75 Å². The van der Waals surface area contributed by atoms with Crippen LogP contribution in [-0.2, 0) is 4.79 Å². The van der Waals surface area contributed by atoms with Gasteiger partial charge in [-0.25, -0.2) is 0 Å². The molecule has 1 amide bonds. The highest BCUT2D eigenvalue weighted by Crippen LogP contribution is 2.15. The van der Waals surface area contributed by atoms with Crippen molar-refractivity contribution in [3.8, 4) is 5.75 Å². The number of rotatable bonds is 6. The van der Waals surface area contributed by atoms with Gasteiger partial charge in [-0.05, 0) is 60.9 Å². The third-order valence-electron chi connectivity index (χ3n) is 4.26. The van der Waals surface area contributed by atoms with E-state index in [1.54, 1.807) is 42.5 Å². The standard InChI is InChI=1S/C21H20ClNO3/c22-18-8-3-16(4-9-18)5-12-20(24)17-6-10-19(11-7-17)26-15-21(25)23-13-1-2-14-23/h3-12H,1-2,13-15H2/b12-5+. The fourth-order valence-electron chi connectivity index (χ4n) is 2.76. The van der Waals surface area contributed by atoms with Crippen LogP contribution in [0.15, 0.2) is 54.6 Å². The van der Waals surface area contributed by atoms with Gasteiger partial charge in [-0.3, -0.25) is 9.59 Å². The fourth-order valence-corrected chi connectivity index (χ4v) is 2.89. The zero-order chi connectivity index (χ0) is 18.4. The monoisotopic (exact) mass is 369 g/mol. The molecule has 0 saturated carbocycles. The van der Waals surface area contributed by atoms with Crippen LogP contribution >= 0.6 is 11.6 Å². The van der Waals surface area contributed by atoms with Crippen molar-refractivity contribution in [1.82, 2.24) is 4.90 Å². The Kier molecular flexibility index (Phi) is 6.08. The maximum absolute atomic E-state index is 12.2. The van der Waals surface area contributed by atoms with Crippen molar-refractivity contribution in [3.63, 3.8) is 0 Å². The summed E-state index contributed by atoms with van der Waals surface area (Å²) in [6.07, 6.45) is 5.39. The first-order chi connectivity index (χ1) is 12.6. The van der Waals surface area contributed by atoms with Gasteiger partial charge >= 0.3 is 0 Å². The van der Waals surface area contributed by atoms with Crippen molar-refractivity contribution < 1.29 is 14.3 Å². The molecule has 0 atom stereocenters. The number of hydrogen-bond acceptors (Lipinski definition) is 3. The SMILES string of the molecule is O=C(/C=C/c1ccc(Cl)cc1)c1ccc(OCC(=O)N2CCCC2)cc1. The van der Waals surface area contributed by atoms with Gasteiger partial charge < -0.3 is 9.64 Å². The molecule has 3 rings (SSSR count). The molecule has 1 fully saturated rings. The second-order valence-corrected chi connectivity index (χ2v) is 6.59. The smallest absolute Gasteiger partial charge is 0.260 e. The van der Waals surface area contributed by atoms with Gasteiger partial charge in [0.25, 0.3) is 5.91 Å². The Bertz CT molecular complexity index is 791. The van der Waals surface area contributed by atoms with Crippen LogP contribution in [0.3, 0.4) is 0 Å². The van der Waals surface area contributed by atoms with E-state index in [1.807, 2.05) is 17.0 Å². The second-order valence-electron chi connectivity index (χ2n) is 6.15. The molecule has 0 aromatic heterocycles. The van der Waals surface area contributed by atoms with E-state index in [-0.39, 0.29) is 18.3 Å². The lowest BCUT2D eigenvalue weighted by atomic mass is 10.1. The quantitative estimate of drug-likeness (QED) is 0.565. The maximum Gasteiger partial charge on any atom is 0.260 e. The molecule has 4 nitrogen and oxygen atoms in total. The number of ether oxygens (including phenoxy) is 1. The number of allylic oxidation sites excluding steroid dienone is 1. The molecule has 2 aromatic rings. The Morgan fingerprint density at radius 1 is 1.00 bits per heavy atom. The van der Waals surface area contributed by atoms with Crippen LogP contribution in [-0.4, -0.2) is 36.3 Å². The van der Waals surface area contributed by atoms with Crippen LogP contribution in [0, 0.1) is 0 Å². The van der Waals surface area contributed by atoms with Crippen molar-refractivity contribution in [2.75, 3.05) is 19.7 Å². The average Bonchev–Trinajstić information content (AvgIpc) is 3.21. The zero-order valence-electron chi connectivity index (χ0n) is 14.4. The van der Waals surface area contributed by atoms with Crippen molar-refractivity contribution in [1.29, 1.82) is 0 Å². The molecule has 26 heavy (non-hydrogen) atoms. The van der Waals surface area contributed by atoms with E-state index in [0.717, 1.165) is 31.5 Å². The summed E-state index contributed by atoms with van der Waals surface area (Å²) in [5, 5.41) is 0.660. The molecule has 0 unspecified atom stereocenters. The van der Waals surface area contributed by atoms with Crippen molar-refractivity contribution in [2.45, 2.75) is 12.8 Å². The lowest BCUT2D eigenvalue weighted by Gasteiger charge is -2.15. The van der Waals surface area contributed by atoms with E-state index >= 15 is 0 Å². The van der Waals surface area contributed by atoms with Crippen LogP contribution < -0.4 is 4.74 Å². The molecular formula is C21H20ClNO3. The summed E-state index contributed by atoms with van der Waals surface area (Å²) in [4.78, 5) is 26.0. The number of benzene rings is 2. The van der Waals surface area contributed by atoms with Gasteiger partial charge in [-0.15, -0.1) is 0 Å². The van der Waals surface area contributed by atoms with E-state index in [0.29, 0.717) is 16.3 Å². The van der Waals surface area contributed by atoms with Gasteiger partial charge in [-0.1, -0.05) is 29.8 Å². The number of likely N-dealkylation sites (tertiary alicyclic amines) is 1. The number of ketones is 1. The summed E-state index contributed by atoms with van der Waals surface area (Å²) in [6, 6.07) is 14.1. The van der Waals surface area contributed by atoms with E-state index in [4.69, 9.17) is 16.3 Å². The van der Waals surface area contributed by atoms with E-state index in [1.165, 1.54) is 6.08 Å². The van der Waals surface area contributed by atoms with Crippen LogP contribution in [0.1, 0.15) is 28.8 Å². The molecule has 0 bridgehead atoms. The number of hydrogen-bond donors (Lipinski definition) is 0. The summed E-state index contributed by atoms with van der Waals surface area (Å²) >= 11 is 5.84. The molecule has 5 heteroatoms. The van der Waals surface area contributed by atoms with Crippen molar-refractivity contribution in [3.05, 3.63) is 70.8 Å². The van der Waals surface area contributed by atoms with Crippen LogP contribution in [0.2, 0.25) is 5.02 Å². The molecule has 0 spiro atoms. The highest BCUT2D eigenvalue weighted by Gasteiger charge is 2.18.